The van der Waals surface area contributed by atoms with Gasteiger partial charge in [0.1, 0.15) is 5.58 Å². The van der Waals surface area contributed by atoms with Crippen molar-refractivity contribution in [3.63, 3.8) is 0 Å². The highest BCUT2D eigenvalue weighted by molar-refractivity contribution is 5.82. The average molecular weight is 243 g/mol. The van der Waals surface area contributed by atoms with Crippen LogP contribution < -0.4 is 5.32 Å². The Morgan fingerprint density at radius 3 is 2.59 bits per heavy atom. The standard InChI is InChI=1S/C12H12F3NO/c1-7(16-2)10-6-17-11-4-3-8(5-9(10)11)12(13,14)15/h3-7,16H,1-2H3. The van der Waals surface area contributed by atoms with Crippen LogP contribution in [0.25, 0.3) is 11.0 Å². The third-order valence-electron chi connectivity index (χ3n) is 2.83. The number of nitrogens with one attached hydrogen (secondary N) is 1. The van der Waals surface area contributed by atoms with Gasteiger partial charge in [-0.1, -0.05) is 0 Å². The summed E-state index contributed by atoms with van der Waals surface area (Å²) in [4.78, 5) is 0. The second kappa shape index (κ2) is 4.07. The molecule has 0 fully saturated rings. The van der Waals surface area contributed by atoms with Gasteiger partial charge in [-0.3, -0.25) is 0 Å². The van der Waals surface area contributed by atoms with E-state index >= 15 is 0 Å². The predicted molar refractivity (Wildman–Crippen MR) is 58.7 cm³/mol. The minimum absolute atomic E-state index is 0.0558. The van der Waals surface area contributed by atoms with Crippen molar-refractivity contribution in [3.05, 3.63) is 35.6 Å². The summed E-state index contributed by atoms with van der Waals surface area (Å²) in [7, 11) is 1.75. The van der Waals surface area contributed by atoms with Gasteiger partial charge in [0.25, 0.3) is 0 Å². The first-order chi connectivity index (χ1) is 7.93. The molecule has 0 aliphatic heterocycles. The van der Waals surface area contributed by atoms with Gasteiger partial charge in [-0.25, -0.2) is 0 Å². The second-order valence-electron chi connectivity index (χ2n) is 3.91. The topological polar surface area (TPSA) is 25.2 Å². The Hall–Kier alpha value is -1.49. The third kappa shape index (κ3) is 2.15. The Balaban J connectivity index is 2.58. The number of hydrogen-bond donors (Lipinski definition) is 1. The van der Waals surface area contributed by atoms with Crippen LogP contribution in [0.2, 0.25) is 0 Å². The molecule has 1 N–H and O–H groups in total. The van der Waals surface area contributed by atoms with E-state index in [4.69, 9.17) is 4.42 Å². The zero-order valence-corrected chi connectivity index (χ0v) is 9.43. The van der Waals surface area contributed by atoms with Crippen molar-refractivity contribution in [2.24, 2.45) is 0 Å². The Bertz CT molecular complexity index is 530. The maximum Gasteiger partial charge on any atom is 0.416 e. The molecule has 92 valence electrons. The fraction of sp³-hybridized carbons (Fsp3) is 0.333. The molecule has 1 unspecified atom stereocenters. The molecule has 2 rings (SSSR count). The molecule has 1 atom stereocenters. The molecule has 1 aromatic heterocycles. The van der Waals surface area contributed by atoms with Crippen LogP contribution in [0.3, 0.4) is 0 Å². The van der Waals surface area contributed by atoms with Crippen LogP contribution in [0.5, 0.6) is 0 Å². The van der Waals surface area contributed by atoms with Crippen molar-refractivity contribution in [3.8, 4) is 0 Å². The highest BCUT2D eigenvalue weighted by Gasteiger charge is 2.31. The summed E-state index contributed by atoms with van der Waals surface area (Å²) >= 11 is 0. The zero-order valence-electron chi connectivity index (χ0n) is 9.43. The summed E-state index contributed by atoms with van der Waals surface area (Å²) in [6.07, 6.45) is -2.84. The van der Waals surface area contributed by atoms with Crippen LogP contribution in [0.4, 0.5) is 13.2 Å². The lowest BCUT2D eigenvalue weighted by atomic mass is 10.0. The van der Waals surface area contributed by atoms with Crippen LogP contribution in [0.1, 0.15) is 24.1 Å². The molecule has 0 aliphatic carbocycles. The summed E-state index contributed by atoms with van der Waals surface area (Å²) < 4.78 is 43.0. The molecule has 0 saturated heterocycles. The fourth-order valence-corrected chi connectivity index (χ4v) is 1.72. The van der Waals surface area contributed by atoms with E-state index in [0.29, 0.717) is 11.0 Å². The molecule has 0 aliphatic rings. The van der Waals surface area contributed by atoms with Crippen molar-refractivity contribution in [2.45, 2.75) is 19.1 Å². The Morgan fingerprint density at radius 2 is 2.00 bits per heavy atom. The summed E-state index contributed by atoms with van der Waals surface area (Å²) in [5.74, 6) is 0. The molecular weight excluding hydrogens is 231 g/mol. The van der Waals surface area contributed by atoms with E-state index in [1.54, 1.807) is 7.05 Å². The first kappa shape index (κ1) is 12.0. The van der Waals surface area contributed by atoms with E-state index in [-0.39, 0.29) is 6.04 Å². The maximum atomic E-state index is 12.6. The zero-order chi connectivity index (χ0) is 12.6. The average Bonchev–Trinajstić information content (AvgIpc) is 2.69. The Labute approximate surface area is 96.4 Å². The van der Waals surface area contributed by atoms with Gasteiger partial charge >= 0.3 is 6.18 Å². The van der Waals surface area contributed by atoms with Crippen LogP contribution in [-0.4, -0.2) is 7.05 Å². The number of benzene rings is 1. The molecule has 0 spiro atoms. The van der Waals surface area contributed by atoms with E-state index in [9.17, 15) is 13.2 Å². The lowest BCUT2D eigenvalue weighted by Crippen LogP contribution is -2.11. The number of fused-ring (bicyclic) bond motifs is 1. The van der Waals surface area contributed by atoms with Crippen molar-refractivity contribution in [1.29, 1.82) is 0 Å². The Kier molecular flexibility index (Phi) is 2.87. The summed E-state index contributed by atoms with van der Waals surface area (Å²) in [6, 6.07) is 3.45. The van der Waals surface area contributed by atoms with Crippen LogP contribution in [0.15, 0.2) is 28.9 Å². The van der Waals surface area contributed by atoms with Gasteiger partial charge in [-0.15, -0.1) is 0 Å². The van der Waals surface area contributed by atoms with Crippen LogP contribution >= 0.6 is 0 Å². The fourth-order valence-electron chi connectivity index (χ4n) is 1.72. The van der Waals surface area contributed by atoms with Crippen molar-refractivity contribution < 1.29 is 17.6 Å². The van der Waals surface area contributed by atoms with Gasteiger partial charge in [-0.2, -0.15) is 13.2 Å². The monoisotopic (exact) mass is 243 g/mol. The van der Waals surface area contributed by atoms with Crippen molar-refractivity contribution >= 4 is 11.0 Å². The van der Waals surface area contributed by atoms with E-state index in [2.05, 4.69) is 5.32 Å². The van der Waals surface area contributed by atoms with E-state index < -0.39 is 11.7 Å². The molecule has 2 nitrogen and oxygen atoms in total. The van der Waals surface area contributed by atoms with Crippen molar-refractivity contribution in [1.82, 2.24) is 5.32 Å². The lowest BCUT2D eigenvalue weighted by molar-refractivity contribution is -0.137. The van der Waals surface area contributed by atoms with Gasteiger partial charge < -0.3 is 9.73 Å². The van der Waals surface area contributed by atoms with Gasteiger partial charge in [0.2, 0.25) is 0 Å². The quantitative estimate of drug-likeness (QED) is 0.869. The first-order valence-electron chi connectivity index (χ1n) is 5.19. The highest BCUT2D eigenvalue weighted by Crippen LogP contribution is 2.34. The molecular formula is C12H12F3NO. The first-order valence-corrected chi connectivity index (χ1v) is 5.19. The van der Waals surface area contributed by atoms with E-state index in [1.165, 1.54) is 12.3 Å². The molecule has 5 heteroatoms. The number of halogens is 3. The number of hydrogen-bond acceptors (Lipinski definition) is 2. The van der Waals surface area contributed by atoms with E-state index in [0.717, 1.165) is 17.7 Å². The van der Waals surface area contributed by atoms with Crippen molar-refractivity contribution in [2.75, 3.05) is 7.05 Å². The molecule has 0 saturated carbocycles. The molecule has 1 aromatic carbocycles. The van der Waals surface area contributed by atoms with Gasteiger partial charge in [0, 0.05) is 17.0 Å². The molecule has 2 aromatic rings. The normalized spacial score (nSPS) is 14.2. The number of rotatable bonds is 2. The number of alkyl halides is 3. The largest absolute Gasteiger partial charge is 0.464 e. The molecule has 1 heterocycles. The SMILES string of the molecule is CNC(C)c1coc2ccc(C(F)(F)F)cc12. The summed E-state index contributed by atoms with van der Waals surface area (Å²) in [6.45, 7) is 1.87. The third-order valence-corrected chi connectivity index (χ3v) is 2.83. The van der Waals surface area contributed by atoms with Crippen LogP contribution in [0, 0.1) is 0 Å². The summed E-state index contributed by atoms with van der Waals surface area (Å²) in [5.41, 5.74) is 0.541. The smallest absolute Gasteiger partial charge is 0.416 e. The lowest BCUT2D eigenvalue weighted by Gasteiger charge is -2.09. The van der Waals surface area contributed by atoms with E-state index in [1.807, 2.05) is 6.92 Å². The highest BCUT2D eigenvalue weighted by atomic mass is 19.4. The van der Waals surface area contributed by atoms with Crippen LogP contribution in [-0.2, 0) is 6.18 Å². The summed E-state index contributed by atoms with van der Waals surface area (Å²) in [5, 5.41) is 3.48. The van der Waals surface area contributed by atoms with Gasteiger partial charge in [0.05, 0.1) is 11.8 Å². The molecule has 0 amide bonds. The maximum absolute atomic E-state index is 12.6. The number of furan rings is 1. The predicted octanol–water partition coefficient (Wildman–Crippen LogP) is 3.73. The molecule has 0 bridgehead atoms. The second-order valence-corrected chi connectivity index (χ2v) is 3.91. The van der Waals surface area contributed by atoms with Gasteiger partial charge in [-0.05, 0) is 32.2 Å². The minimum atomic E-state index is -4.33. The molecule has 17 heavy (non-hydrogen) atoms. The molecule has 0 radical (unpaired) electrons. The Morgan fingerprint density at radius 1 is 1.29 bits per heavy atom. The van der Waals surface area contributed by atoms with Gasteiger partial charge in [0.15, 0.2) is 0 Å². The minimum Gasteiger partial charge on any atom is -0.464 e.